The zero-order valence-corrected chi connectivity index (χ0v) is 15.4. The lowest BCUT2D eigenvalue weighted by Crippen LogP contribution is -2.49. The van der Waals surface area contributed by atoms with E-state index in [-0.39, 0.29) is 30.3 Å². The molecule has 0 spiro atoms. The molecule has 1 saturated heterocycles. The SMILES string of the molecule is O=C(O)Cc1ccccc1NC(=O)C1CCCN(C(=O)NC2CCCC2)C1. The van der Waals surface area contributed by atoms with E-state index in [1.165, 1.54) is 0 Å². The van der Waals surface area contributed by atoms with E-state index >= 15 is 0 Å². The highest BCUT2D eigenvalue weighted by Gasteiger charge is 2.30. The number of likely N-dealkylation sites (tertiary alicyclic amines) is 1. The highest BCUT2D eigenvalue weighted by Crippen LogP contribution is 2.22. The average molecular weight is 373 g/mol. The number of rotatable bonds is 5. The second-order valence-electron chi connectivity index (χ2n) is 7.43. The van der Waals surface area contributed by atoms with Gasteiger partial charge in [-0.3, -0.25) is 9.59 Å². The van der Waals surface area contributed by atoms with E-state index < -0.39 is 5.97 Å². The van der Waals surface area contributed by atoms with E-state index in [2.05, 4.69) is 10.6 Å². The van der Waals surface area contributed by atoms with E-state index in [1.54, 1.807) is 29.2 Å². The molecule has 1 unspecified atom stereocenters. The van der Waals surface area contributed by atoms with Crippen molar-refractivity contribution >= 4 is 23.6 Å². The van der Waals surface area contributed by atoms with Gasteiger partial charge in [-0.1, -0.05) is 31.0 Å². The minimum atomic E-state index is -0.941. The zero-order valence-electron chi connectivity index (χ0n) is 15.4. The minimum Gasteiger partial charge on any atom is -0.481 e. The van der Waals surface area contributed by atoms with Gasteiger partial charge in [0.25, 0.3) is 0 Å². The normalized spacial score (nSPS) is 20.3. The fourth-order valence-corrected chi connectivity index (χ4v) is 3.91. The summed E-state index contributed by atoms with van der Waals surface area (Å²) in [6.07, 6.45) is 5.75. The van der Waals surface area contributed by atoms with Crippen molar-refractivity contribution in [2.45, 2.75) is 51.0 Å². The lowest BCUT2D eigenvalue weighted by atomic mass is 9.97. The van der Waals surface area contributed by atoms with Gasteiger partial charge >= 0.3 is 12.0 Å². The molecule has 3 rings (SSSR count). The molecule has 1 aromatic carbocycles. The molecule has 7 heteroatoms. The van der Waals surface area contributed by atoms with Crippen LogP contribution in [0.2, 0.25) is 0 Å². The molecule has 2 fully saturated rings. The Kier molecular flexibility index (Phi) is 6.32. The Morgan fingerprint density at radius 3 is 2.56 bits per heavy atom. The Balaban J connectivity index is 1.58. The maximum Gasteiger partial charge on any atom is 0.317 e. The fraction of sp³-hybridized carbons (Fsp3) is 0.550. The van der Waals surface area contributed by atoms with Crippen molar-refractivity contribution in [3.8, 4) is 0 Å². The first kappa shape index (κ1) is 19.2. The van der Waals surface area contributed by atoms with Gasteiger partial charge in [0.05, 0.1) is 12.3 Å². The first-order valence-corrected chi connectivity index (χ1v) is 9.69. The Hall–Kier alpha value is -2.57. The van der Waals surface area contributed by atoms with Crippen LogP contribution in [0.15, 0.2) is 24.3 Å². The smallest absolute Gasteiger partial charge is 0.317 e. The number of nitrogens with one attached hydrogen (secondary N) is 2. The summed E-state index contributed by atoms with van der Waals surface area (Å²) >= 11 is 0. The standard InChI is InChI=1S/C20H27N3O4/c24-18(25)12-14-6-1-4-10-17(14)22-19(26)15-7-5-11-23(13-15)20(27)21-16-8-2-3-9-16/h1,4,6,10,15-16H,2-3,5,7-9,11-13H2,(H,21,27)(H,22,26)(H,24,25). The van der Waals surface area contributed by atoms with Gasteiger partial charge in [0.1, 0.15) is 0 Å². The predicted octanol–water partition coefficient (Wildman–Crippen LogP) is 2.62. The fourth-order valence-electron chi connectivity index (χ4n) is 3.91. The van der Waals surface area contributed by atoms with E-state index in [0.717, 1.165) is 38.5 Å². The number of urea groups is 1. The number of hydrogen-bond acceptors (Lipinski definition) is 3. The van der Waals surface area contributed by atoms with Crippen LogP contribution in [0.5, 0.6) is 0 Å². The van der Waals surface area contributed by atoms with Crippen LogP contribution < -0.4 is 10.6 Å². The van der Waals surface area contributed by atoms with Crippen molar-refractivity contribution in [3.63, 3.8) is 0 Å². The molecule has 2 aliphatic rings. The third-order valence-corrected chi connectivity index (χ3v) is 5.38. The van der Waals surface area contributed by atoms with Crippen molar-refractivity contribution in [1.82, 2.24) is 10.2 Å². The van der Waals surface area contributed by atoms with Crippen molar-refractivity contribution in [3.05, 3.63) is 29.8 Å². The second-order valence-corrected chi connectivity index (χ2v) is 7.43. The number of anilines is 1. The topological polar surface area (TPSA) is 98.7 Å². The van der Waals surface area contributed by atoms with Gasteiger partial charge < -0.3 is 20.6 Å². The van der Waals surface area contributed by atoms with Crippen LogP contribution in [0.3, 0.4) is 0 Å². The monoisotopic (exact) mass is 373 g/mol. The summed E-state index contributed by atoms with van der Waals surface area (Å²) in [5.74, 6) is -1.39. The first-order chi connectivity index (χ1) is 13.0. The Morgan fingerprint density at radius 2 is 1.81 bits per heavy atom. The van der Waals surface area contributed by atoms with Crippen molar-refractivity contribution in [1.29, 1.82) is 0 Å². The number of piperidine rings is 1. The van der Waals surface area contributed by atoms with E-state index in [9.17, 15) is 14.4 Å². The molecule has 3 N–H and O–H groups in total. The zero-order chi connectivity index (χ0) is 19.2. The van der Waals surface area contributed by atoms with Gasteiger partial charge in [-0.25, -0.2) is 4.79 Å². The van der Waals surface area contributed by atoms with Crippen LogP contribution in [0, 0.1) is 5.92 Å². The van der Waals surface area contributed by atoms with Crippen LogP contribution in [-0.4, -0.2) is 47.0 Å². The summed E-state index contributed by atoms with van der Waals surface area (Å²) in [6, 6.07) is 7.11. The van der Waals surface area contributed by atoms with E-state index in [1.807, 2.05) is 0 Å². The molecule has 1 saturated carbocycles. The molecule has 7 nitrogen and oxygen atoms in total. The molecule has 1 atom stereocenters. The van der Waals surface area contributed by atoms with Gasteiger partial charge in [0, 0.05) is 24.8 Å². The van der Waals surface area contributed by atoms with Gasteiger partial charge in [0.2, 0.25) is 5.91 Å². The predicted molar refractivity (Wildman–Crippen MR) is 101 cm³/mol. The summed E-state index contributed by atoms with van der Waals surface area (Å²) in [7, 11) is 0. The summed E-state index contributed by atoms with van der Waals surface area (Å²) in [6.45, 7) is 1.06. The third kappa shape index (κ3) is 5.21. The van der Waals surface area contributed by atoms with Gasteiger partial charge in [0.15, 0.2) is 0 Å². The van der Waals surface area contributed by atoms with Crippen molar-refractivity contribution in [2.24, 2.45) is 5.92 Å². The number of carbonyl (C=O) groups is 3. The second kappa shape index (κ2) is 8.88. The number of para-hydroxylation sites is 1. The van der Waals surface area contributed by atoms with E-state index in [0.29, 0.717) is 24.3 Å². The molecular weight excluding hydrogens is 346 g/mol. The Morgan fingerprint density at radius 1 is 1.07 bits per heavy atom. The van der Waals surface area contributed by atoms with Crippen molar-refractivity contribution in [2.75, 3.05) is 18.4 Å². The van der Waals surface area contributed by atoms with Crippen LogP contribution in [0.4, 0.5) is 10.5 Å². The largest absolute Gasteiger partial charge is 0.481 e. The summed E-state index contributed by atoms with van der Waals surface area (Å²) in [5.41, 5.74) is 1.10. The molecular formula is C20H27N3O4. The number of carboxylic acids is 1. The van der Waals surface area contributed by atoms with Crippen LogP contribution in [0.25, 0.3) is 0 Å². The number of carbonyl (C=O) groups excluding carboxylic acids is 2. The van der Waals surface area contributed by atoms with E-state index in [4.69, 9.17) is 5.11 Å². The molecule has 0 bridgehead atoms. The number of nitrogens with zero attached hydrogens (tertiary/aromatic N) is 1. The Bertz CT molecular complexity index is 700. The van der Waals surface area contributed by atoms with Gasteiger partial charge in [-0.2, -0.15) is 0 Å². The molecule has 146 valence electrons. The van der Waals surface area contributed by atoms with Gasteiger partial charge in [-0.15, -0.1) is 0 Å². The molecule has 27 heavy (non-hydrogen) atoms. The molecule has 1 aliphatic carbocycles. The molecule has 1 heterocycles. The molecule has 1 aromatic rings. The number of amides is 3. The molecule has 0 aromatic heterocycles. The highest BCUT2D eigenvalue weighted by atomic mass is 16.4. The molecule has 0 radical (unpaired) electrons. The van der Waals surface area contributed by atoms with Crippen LogP contribution >= 0.6 is 0 Å². The molecule has 3 amide bonds. The van der Waals surface area contributed by atoms with Gasteiger partial charge in [-0.05, 0) is 37.3 Å². The Labute approximate surface area is 159 Å². The number of aliphatic carboxylic acids is 1. The third-order valence-electron chi connectivity index (χ3n) is 5.38. The lowest BCUT2D eigenvalue weighted by molar-refractivity contribution is -0.136. The first-order valence-electron chi connectivity index (χ1n) is 9.69. The number of carboxylic acid groups (broad SMARTS) is 1. The van der Waals surface area contributed by atoms with Crippen LogP contribution in [-0.2, 0) is 16.0 Å². The maximum atomic E-state index is 12.7. The average Bonchev–Trinajstić information content (AvgIpc) is 3.16. The quantitative estimate of drug-likeness (QED) is 0.739. The summed E-state index contributed by atoms with van der Waals surface area (Å²) in [4.78, 5) is 37.9. The van der Waals surface area contributed by atoms with Crippen LogP contribution in [0.1, 0.15) is 44.1 Å². The summed E-state index contributed by atoms with van der Waals surface area (Å²) < 4.78 is 0. The number of benzene rings is 1. The number of hydrogen-bond donors (Lipinski definition) is 3. The minimum absolute atomic E-state index is 0.0781. The lowest BCUT2D eigenvalue weighted by Gasteiger charge is -2.33. The molecule has 1 aliphatic heterocycles. The van der Waals surface area contributed by atoms with Crippen molar-refractivity contribution < 1.29 is 19.5 Å². The highest BCUT2D eigenvalue weighted by molar-refractivity contribution is 5.94. The maximum absolute atomic E-state index is 12.7. The summed E-state index contributed by atoms with van der Waals surface area (Å²) in [5, 5.41) is 15.0.